The van der Waals surface area contributed by atoms with Gasteiger partial charge in [0.25, 0.3) is 5.91 Å². The van der Waals surface area contributed by atoms with Crippen LogP contribution in [0.4, 0.5) is 10.5 Å². The average molecular weight is 342 g/mol. The van der Waals surface area contributed by atoms with E-state index >= 15 is 0 Å². The van der Waals surface area contributed by atoms with Crippen LogP contribution in [-0.2, 0) is 12.8 Å². The molecule has 0 unspecified atom stereocenters. The van der Waals surface area contributed by atoms with E-state index in [1.165, 1.54) is 0 Å². The van der Waals surface area contributed by atoms with E-state index in [1.807, 2.05) is 32.9 Å². The summed E-state index contributed by atoms with van der Waals surface area (Å²) in [4.78, 5) is 24.1. The van der Waals surface area contributed by atoms with E-state index in [0.717, 1.165) is 29.0 Å². The molecule has 1 aromatic carbocycles. The Morgan fingerprint density at radius 1 is 1.40 bits per heavy atom. The maximum absolute atomic E-state index is 12.2. The van der Waals surface area contributed by atoms with Crippen LogP contribution in [0.3, 0.4) is 0 Å². The number of carbonyl (C=O) groups is 2. The van der Waals surface area contributed by atoms with E-state index in [-0.39, 0.29) is 18.0 Å². The Morgan fingerprint density at radius 3 is 2.92 bits per heavy atom. The number of nitrogens with one attached hydrogen (secondary N) is 3. The molecule has 0 aliphatic carbocycles. The number of aromatic nitrogens is 1. The van der Waals surface area contributed by atoms with Gasteiger partial charge in [-0.1, -0.05) is 11.2 Å². The summed E-state index contributed by atoms with van der Waals surface area (Å²) in [7, 11) is 0. The molecule has 0 bridgehead atoms. The number of hydrogen-bond acceptors (Lipinski definition) is 4. The minimum absolute atomic E-state index is 0.0854. The lowest BCUT2D eigenvalue weighted by atomic mass is 10.00. The van der Waals surface area contributed by atoms with Crippen LogP contribution in [0.2, 0.25) is 0 Å². The lowest BCUT2D eigenvalue weighted by Crippen LogP contribution is -2.37. The Balaban J connectivity index is 1.61. The molecule has 0 fully saturated rings. The quantitative estimate of drug-likeness (QED) is 0.794. The van der Waals surface area contributed by atoms with Crippen molar-refractivity contribution >= 4 is 17.6 Å². The second-order valence-corrected chi connectivity index (χ2v) is 6.38. The summed E-state index contributed by atoms with van der Waals surface area (Å²) in [6, 6.07) is 5.02. The Hall–Kier alpha value is -2.83. The number of aryl methyl sites for hydroxylation is 2. The normalized spacial score (nSPS) is 14.4. The number of rotatable bonds is 4. The third-order valence-corrected chi connectivity index (χ3v) is 4.36. The zero-order chi connectivity index (χ0) is 18.0. The Morgan fingerprint density at radius 2 is 2.20 bits per heavy atom. The third kappa shape index (κ3) is 3.81. The van der Waals surface area contributed by atoms with E-state index in [2.05, 4.69) is 21.1 Å². The van der Waals surface area contributed by atoms with Gasteiger partial charge in [0.1, 0.15) is 5.76 Å². The standard InChI is InChI=1S/C18H22N4O3/c1-10(8-15-11(2)22-25-12(15)3)20-18(24)21-14-5-4-13-6-7-19-17(23)16(13)9-14/h4-5,9-10H,6-8H2,1-3H3,(H,19,23)(H2,20,21,24)/t10-/m1/s1. The van der Waals surface area contributed by atoms with Crippen molar-refractivity contribution in [1.82, 2.24) is 15.8 Å². The van der Waals surface area contributed by atoms with Gasteiger partial charge in [-0.15, -0.1) is 0 Å². The molecule has 0 saturated heterocycles. The SMILES string of the molecule is Cc1noc(C)c1C[C@@H](C)NC(=O)Nc1ccc2c(c1)C(=O)NCC2. The molecule has 25 heavy (non-hydrogen) atoms. The number of fused-ring (bicyclic) bond motifs is 1. The first kappa shape index (κ1) is 17.0. The van der Waals surface area contributed by atoms with Gasteiger partial charge in [-0.3, -0.25) is 4.79 Å². The lowest BCUT2D eigenvalue weighted by molar-refractivity contribution is 0.0946. The molecule has 3 N–H and O–H groups in total. The van der Waals surface area contributed by atoms with Crippen molar-refractivity contribution in [2.45, 2.75) is 39.7 Å². The van der Waals surface area contributed by atoms with Crippen molar-refractivity contribution in [3.05, 3.63) is 46.3 Å². The molecule has 2 heterocycles. The number of nitrogens with zero attached hydrogens (tertiary/aromatic N) is 1. The Labute approximate surface area is 146 Å². The van der Waals surface area contributed by atoms with Gasteiger partial charge in [0.15, 0.2) is 0 Å². The van der Waals surface area contributed by atoms with Crippen molar-refractivity contribution in [1.29, 1.82) is 0 Å². The summed E-state index contributed by atoms with van der Waals surface area (Å²) < 4.78 is 5.14. The molecule has 3 rings (SSSR count). The van der Waals surface area contributed by atoms with Gasteiger partial charge in [0.05, 0.1) is 5.69 Å². The Kier molecular flexibility index (Phi) is 4.74. The molecule has 1 atom stereocenters. The zero-order valence-corrected chi connectivity index (χ0v) is 14.6. The topological polar surface area (TPSA) is 96.3 Å². The van der Waals surface area contributed by atoms with E-state index in [1.54, 1.807) is 6.07 Å². The molecular formula is C18H22N4O3. The molecule has 1 aliphatic heterocycles. The summed E-state index contributed by atoms with van der Waals surface area (Å²) >= 11 is 0. The number of hydrogen-bond donors (Lipinski definition) is 3. The van der Waals surface area contributed by atoms with Crippen molar-refractivity contribution in [3.63, 3.8) is 0 Å². The van der Waals surface area contributed by atoms with Crippen molar-refractivity contribution in [2.75, 3.05) is 11.9 Å². The minimum Gasteiger partial charge on any atom is -0.361 e. The van der Waals surface area contributed by atoms with E-state index in [4.69, 9.17) is 4.52 Å². The second-order valence-electron chi connectivity index (χ2n) is 6.38. The van der Waals surface area contributed by atoms with Crippen LogP contribution in [0.5, 0.6) is 0 Å². The lowest BCUT2D eigenvalue weighted by Gasteiger charge is -2.18. The minimum atomic E-state index is -0.310. The number of amides is 3. The van der Waals surface area contributed by atoms with E-state index in [0.29, 0.717) is 24.2 Å². The van der Waals surface area contributed by atoms with E-state index in [9.17, 15) is 9.59 Å². The molecule has 7 nitrogen and oxygen atoms in total. The van der Waals surface area contributed by atoms with Gasteiger partial charge in [-0.05, 0) is 51.3 Å². The smallest absolute Gasteiger partial charge is 0.319 e. The van der Waals surface area contributed by atoms with Crippen LogP contribution < -0.4 is 16.0 Å². The molecule has 0 saturated carbocycles. The highest BCUT2D eigenvalue weighted by Crippen LogP contribution is 2.19. The fourth-order valence-electron chi connectivity index (χ4n) is 3.03. The fourth-order valence-corrected chi connectivity index (χ4v) is 3.03. The molecule has 7 heteroatoms. The van der Waals surface area contributed by atoms with Crippen molar-refractivity contribution in [2.24, 2.45) is 0 Å². The van der Waals surface area contributed by atoms with Crippen LogP contribution in [0, 0.1) is 13.8 Å². The molecule has 132 valence electrons. The number of benzene rings is 1. The van der Waals surface area contributed by atoms with Gasteiger partial charge in [-0.2, -0.15) is 0 Å². The number of anilines is 1. The van der Waals surface area contributed by atoms with Crippen LogP contribution in [-0.4, -0.2) is 29.7 Å². The summed E-state index contributed by atoms with van der Waals surface area (Å²) in [5.74, 6) is 0.671. The number of urea groups is 1. The predicted molar refractivity (Wildman–Crippen MR) is 93.8 cm³/mol. The van der Waals surface area contributed by atoms with E-state index < -0.39 is 0 Å². The first-order chi connectivity index (χ1) is 11.9. The molecule has 0 spiro atoms. The predicted octanol–water partition coefficient (Wildman–Crippen LogP) is 2.33. The van der Waals surface area contributed by atoms with Crippen LogP contribution in [0.15, 0.2) is 22.7 Å². The molecule has 3 amide bonds. The first-order valence-electron chi connectivity index (χ1n) is 8.34. The van der Waals surface area contributed by atoms with Crippen LogP contribution in [0.25, 0.3) is 0 Å². The molecular weight excluding hydrogens is 320 g/mol. The summed E-state index contributed by atoms with van der Waals surface area (Å²) in [6.07, 6.45) is 1.45. The monoisotopic (exact) mass is 342 g/mol. The molecule has 0 radical (unpaired) electrons. The van der Waals surface area contributed by atoms with Crippen molar-refractivity contribution < 1.29 is 14.1 Å². The molecule has 1 aromatic heterocycles. The second kappa shape index (κ2) is 6.96. The van der Waals surface area contributed by atoms with Gasteiger partial charge >= 0.3 is 6.03 Å². The maximum Gasteiger partial charge on any atom is 0.319 e. The van der Waals surface area contributed by atoms with Crippen LogP contribution >= 0.6 is 0 Å². The number of carbonyl (C=O) groups excluding carboxylic acids is 2. The van der Waals surface area contributed by atoms with Gasteiger partial charge in [-0.25, -0.2) is 4.79 Å². The fraction of sp³-hybridized carbons (Fsp3) is 0.389. The average Bonchev–Trinajstić information content (AvgIpc) is 2.87. The third-order valence-electron chi connectivity index (χ3n) is 4.36. The van der Waals surface area contributed by atoms with Gasteiger partial charge in [0, 0.05) is 29.4 Å². The summed E-state index contributed by atoms with van der Waals surface area (Å²) in [5.41, 5.74) is 4.07. The summed E-state index contributed by atoms with van der Waals surface area (Å²) in [6.45, 7) is 6.32. The first-order valence-corrected chi connectivity index (χ1v) is 8.34. The van der Waals surface area contributed by atoms with Gasteiger partial charge in [0.2, 0.25) is 0 Å². The maximum atomic E-state index is 12.2. The Bertz CT molecular complexity index is 793. The largest absolute Gasteiger partial charge is 0.361 e. The van der Waals surface area contributed by atoms with Crippen molar-refractivity contribution in [3.8, 4) is 0 Å². The highest BCUT2D eigenvalue weighted by molar-refractivity contribution is 5.99. The highest BCUT2D eigenvalue weighted by atomic mass is 16.5. The van der Waals surface area contributed by atoms with Crippen LogP contribution in [0.1, 0.15) is 39.9 Å². The molecule has 2 aromatic rings. The van der Waals surface area contributed by atoms with Gasteiger partial charge < -0.3 is 20.5 Å². The molecule has 1 aliphatic rings. The highest BCUT2D eigenvalue weighted by Gasteiger charge is 2.18. The summed E-state index contributed by atoms with van der Waals surface area (Å²) in [5, 5.41) is 12.4. The zero-order valence-electron chi connectivity index (χ0n) is 14.6.